The second kappa shape index (κ2) is 7.20. The maximum Gasteiger partial charge on any atom is 0.185 e. The Labute approximate surface area is 124 Å². The molecule has 1 aromatic heterocycles. The monoisotopic (exact) mass is 288 g/mol. The minimum atomic E-state index is 0.608. The largest absolute Gasteiger partial charge is 0.323 e. The third kappa shape index (κ3) is 3.25. The van der Waals surface area contributed by atoms with E-state index < -0.39 is 0 Å². The van der Waals surface area contributed by atoms with E-state index in [9.17, 15) is 4.79 Å². The molecule has 0 saturated carbocycles. The Morgan fingerprint density at radius 2 is 1.90 bits per heavy atom. The molecule has 0 fully saturated rings. The van der Waals surface area contributed by atoms with Crippen LogP contribution in [0, 0.1) is 4.77 Å². The summed E-state index contributed by atoms with van der Waals surface area (Å²) in [4.78, 5) is 11.3. The number of carbonyl (C=O) groups excluding carboxylic acids is 1. The number of aldehydes is 1. The molecule has 0 atom stereocenters. The van der Waals surface area contributed by atoms with Crippen molar-refractivity contribution < 1.29 is 4.79 Å². The van der Waals surface area contributed by atoms with E-state index in [0.29, 0.717) is 10.5 Å². The van der Waals surface area contributed by atoms with Gasteiger partial charge >= 0.3 is 0 Å². The maximum atomic E-state index is 11.3. The van der Waals surface area contributed by atoms with Crippen molar-refractivity contribution in [2.45, 2.75) is 39.2 Å². The molecule has 0 amide bonds. The van der Waals surface area contributed by atoms with Crippen LogP contribution in [0.3, 0.4) is 0 Å². The number of hydrogen-bond donors (Lipinski definition) is 0. The number of unbranched alkanes of at least 4 members (excludes halogenated alkanes) is 3. The SMILES string of the molecule is CCCCCCn1cc(C=O)n(-c2ccccc2)c1=S. The molecule has 0 saturated heterocycles. The summed E-state index contributed by atoms with van der Waals surface area (Å²) in [5.74, 6) is 0. The lowest BCUT2D eigenvalue weighted by molar-refractivity contribution is 0.111. The van der Waals surface area contributed by atoms with E-state index in [1.54, 1.807) is 0 Å². The third-order valence-electron chi connectivity index (χ3n) is 3.37. The van der Waals surface area contributed by atoms with Gasteiger partial charge < -0.3 is 4.57 Å². The zero-order valence-electron chi connectivity index (χ0n) is 11.8. The molecule has 1 heterocycles. The van der Waals surface area contributed by atoms with Gasteiger partial charge in [0, 0.05) is 18.4 Å². The number of carbonyl (C=O) groups is 1. The van der Waals surface area contributed by atoms with Crippen LogP contribution in [0.25, 0.3) is 5.69 Å². The Balaban J connectivity index is 2.27. The molecule has 0 N–H and O–H groups in total. The predicted molar refractivity (Wildman–Crippen MR) is 84.1 cm³/mol. The van der Waals surface area contributed by atoms with Crippen molar-refractivity contribution in [3.8, 4) is 5.69 Å². The van der Waals surface area contributed by atoms with Crippen molar-refractivity contribution in [2.24, 2.45) is 0 Å². The van der Waals surface area contributed by atoms with E-state index in [1.165, 1.54) is 19.3 Å². The van der Waals surface area contributed by atoms with Gasteiger partial charge in [-0.2, -0.15) is 0 Å². The zero-order valence-corrected chi connectivity index (χ0v) is 12.6. The van der Waals surface area contributed by atoms with Crippen LogP contribution in [0.2, 0.25) is 0 Å². The van der Waals surface area contributed by atoms with E-state index >= 15 is 0 Å². The first-order chi connectivity index (χ1) is 9.77. The summed E-state index contributed by atoms with van der Waals surface area (Å²) in [6.45, 7) is 3.07. The van der Waals surface area contributed by atoms with Gasteiger partial charge in [-0.05, 0) is 30.8 Å². The lowest BCUT2D eigenvalue weighted by Crippen LogP contribution is -2.01. The smallest absolute Gasteiger partial charge is 0.185 e. The fourth-order valence-electron chi connectivity index (χ4n) is 2.30. The standard InChI is InChI=1S/C16H20N2OS/c1-2-3-4-8-11-17-12-15(13-19)18(16(17)20)14-9-6-5-7-10-14/h5-7,9-10,12-13H,2-4,8,11H2,1H3. The lowest BCUT2D eigenvalue weighted by atomic mass is 10.2. The zero-order chi connectivity index (χ0) is 14.4. The Hall–Kier alpha value is -1.68. The topological polar surface area (TPSA) is 26.9 Å². The highest BCUT2D eigenvalue weighted by Gasteiger charge is 2.09. The molecule has 2 aromatic rings. The van der Waals surface area contributed by atoms with Crippen molar-refractivity contribution in [2.75, 3.05) is 0 Å². The highest BCUT2D eigenvalue weighted by molar-refractivity contribution is 7.71. The molecular weight excluding hydrogens is 268 g/mol. The van der Waals surface area contributed by atoms with Crippen molar-refractivity contribution in [3.05, 3.63) is 47.0 Å². The van der Waals surface area contributed by atoms with Crippen LogP contribution in [-0.4, -0.2) is 15.4 Å². The molecule has 0 bridgehead atoms. The highest BCUT2D eigenvalue weighted by atomic mass is 32.1. The van der Waals surface area contributed by atoms with Crippen molar-refractivity contribution in [3.63, 3.8) is 0 Å². The summed E-state index contributed by atoms with van der Waals surface area (Å²) in [5.41, 5.74) is 1.54. The molecule has 0 radical (unpaired) electrons. The summed E-state index contributed by atoms with van der Waals surface area (Å²) in [6.07, 6.45) is 7.48. The molecule has 0 aliphatic carbocycles. The summed E-state index contributed by atoms with van der Waals surface area (Å²) in [5, 5.41) is 0. The van der Waals surface area contributed by atoms with E-state index in [0.717, 1.165) is 24.9 Å². The van der Waals surface area contributed by atoms with Gasteiger partial charge in [-0.25, -0.2) is 0 Å². The first kappa shape index (κ1) is 14.7. The molecule has 0 aliphatic heterocycles. The molecule has 0 spiro atoms. The molecule has 0 aliphatic rings. The van der Waals surface area contributed by atoms with E-state index in [2.05, 4.69) is 6.92 Å². The van der Waals surface area contributed by atoms with Crippen LogP contribution in [0.15, 0.2) is 36.5 Å². The summed E-state index contributed by atoms with van der Waals surface area (Å²) < 4.78 is 4.53. The van der Waals surface area contributed by atoms with Crippen LogP contribution in [-0.2, 0) is 6.54 Å². The lowest BCUT2D eigenvalue weighted by Gasteiger charge is -2.05. The number of imidazole rings is 1. The summed E-state index contributed by atoms with van der Waals surface area (Å²) in [6, 6.07) is 9.78. The van der Waals surface area contributed by atoms with Gasteiger partial charge in [0.25, 0.3) is 0 Å². The Morgan fingerprint density at radius 1 is 1.15 bits per heavy atom. The summed E-state index contributed by atoms with van der Waals surface area (Å²) >= 11 is 5.51. The third-order valence-corrected chi connectivity index (χ3v) is 3.79. The molecule has 3 nitrogen and oxygen atoms in total. The van der Waals surface area contributed by atoms with E-state index in [1.807, 2.05) is 45.7 Å². The van der Waals surface area contributed by atoms with Crippen LogP contribution in [0.5, 0.6) is 0 Å². The first-order valence-electron chi connectivity index (χ1n) is 7.10. The van der Waals surface area contributed by atoms with Gasteiger partial charge in [-0.1, -0.05) is 44.4 Å². The maximum absolute atomic E-state index is 11.3. The number of para-hydroxylation sites is 1. The average Bonchev–Trinajstić information content (AvgIpc) is 2.81. The molecule has 106 valence electrons. The Kier molecular flexibility index (Phi) is 5.30. The van der Waals surface area contributed by atoms with Crippen LogP contribution in [0.1, 0.15) is 43.1 Å². The van der Waals surface area contributed by atoms with Crippen molar-refractivity contribution >= 4 is 18.5 Å². The van der Waals surface area contributed by atoms with Gasteiger partial charge in [0.1, 0.15) is 5.69 Å². The molecule has 1 aromatic carbocycles. The fraction of sp³-hybridized carbons (Fsp3) is 0.375. The van der Waals surface area contributed by atoms with E-state index in [4.69, 9.17) is 12.2 Å². The highest BCUT2D eigenvalue weighted by Crippen LogP contribution is 2.14. The minimum absolute atomic E-state index is 0.608. The molecule has 4 heteroatoms. The van der Waals surface area contributed by atoms with Gasteiger partial charge in [-0.3, -0.25) is 9.36 Å². The van der Waals surface area contributed by atoms with Crippen molar-refractivity contribution in [1.82, 2.24) is 9.13 Å². The Bertz CT molecular complexity index is 613. The van der Waals surface area contributed by atoms with E-state index in [-0.39, 0.29) is 0 Å². The number of aryl methyl sites for hydroxylation is 1. The quantitative estimate of drug-likeness (QED) is 0.429. The molecule has 2 rings (SSSR count). The van der Waals surface area contributed by atoms with Gasteiger partial charge in [0.2, 0.25) is 0 Å². The number of hydrogen-bond acceptors (Lipinski definition) is 2. The van der Waals surface area contributed by atoms with Gasteiger partial charge in [-0.15, -0.1) is 0 Å². The average molecular weight is 288 g/mol. The van der Waals surface area contributed by atoms with Gasteiger partial charge in [0.05, 0.1) is 0 Å². The molecular formula is C16H20N2OS. The fourth-order valence-corrected chi connectivity index (χ4v) is 2.66. The number of benzene rings is 1. The van der Waals surface area contributed by atoms with Crippen molar-refractivity contribution in [1.29, 1.82) is 0 Å². The summed E-state index contributed by atoms with van der Waals surface area (Å²) in [7, 11) is 0. The second-order valence-electron chi connectivity index (χ2n) is 4.88. The molecule has 0 unspecified atom stereocenters. The number of aromatic nitrogens is 2. The molecule has 20 heavy (non-hydrogen) atoms. The van der Waals surface area contributed by atoms with Gasteiger partial charge in [0.15, 0.2) is 11.1 Å². The van der Waals surface area contributed by atoms with Crippen LogP contribution in [0.4, 0.5) is 0 Å². The minimum Gasteiger partial charge on any atom is -0.323 e. The first-order valence-corrected chi connectivity index (χ1v) is 7.51. The number of rotatable bonds is 7. The second-order valence-corrected chi connectivity index (χ2v) is 5.24. The van der Waals surface area contributed by atoms with Crippen LogP contribution < -0.4 is 0 Å². The van der Waals surface area contributed by atoms with Crippen LogP contribution >= 0.6 is 12.2 Å². The predicted octanol–water partition coefficient (Wildman–Crippen LogP) is 4.40. The normalized spacial score (nSPS) is 10.7. The Morgan fingerprint density at radius 3 is 2.55 bits per heavy atom. The number of nitrogens with zero attached hydrogens (tertiary/aromatic N) is 2.